The largest absolute Gasteiger partial charge is 0.436 e. The lowest BCUT2D eigenvalue weighted by Crippen LogP contribution is -1.81. The van der Waals surface area contributed by atoms with Gasteiger partial charge in [0.2, 0.25) is 5.89 Å². The molecule has 0 radical (unpaired) electrons. The SMILES string of the molecule is Cc1cc2nc(-c3ccccc3C)oc2cc1C. The maximum Gasteiger partial charge on any atom is 0.227 e. The van der Waals surface area contributed by atoms with Crippen LogP contribution in [0.4, 0.5) is 0 Å². The van der Waals surface area contributed by atoms with Crippen molar-refractivity contribution in [2.45, 2.75) is 20.8 Å². The van der Waals surface area contributed by atoms with Crippen molar-refractivity contribution in [3.05, 3.63) is 53.1 Å². The first-order valence-corrected chi connectivity index (χ1v) is 6.09. The molecule has 0 saturated heterocycles. The Kier molecular flexibility index (Phi) is 2.44. The topological polar surface area (TPSA) is 26.0 Å². The Morgan fingerprint density at radius 1 is 0.889 bits per heavy atom. The summed E-state index contributed by atoms with van der Waals surface area (Å²) in [6.07, 6.45) is 0. The summed E-state index contributed by atoms with van der Waals surface area (Å²) in [4.78, 5) is 4.58. The predicted molar refractivity (Wildman–Crippen MR) is 73.7 cm³/mol. The van der Waals surface area contributed by atoms with Crippen LogP contribution >= 0.6 is 0 Å². The fraction of sp³-hybridized carbons (Fsp3) is 0.188. The number of oxazole rings is 1. The fourth-order valence-corrected chi connectivity index (χ4v) is 2.11. The van der Waals surface area contributed by atoms with Gasteiger partial charge in [-0.15, -0.1) is 0 Å². The van der Waals surface area contributed by atoms with Crippen LogP contribution in [0.3, 0.4) is 0 Å². The van der Waals surface area contributed by atoms with E-state index in [0.717, 1.165) is 16.7 Å². The normalized spacial score (nSPS) is 11.1. The van der Waals surface area contributed by atoms with E-state index in [1.54, 1.807) is 0 Å². The van der Waals surface area contributed by atoms with Crippen LogP contribution in [0, 0.1) is 20.8 Å². The van der Waals surface area contributed by atoms with Gasteiger partial charge >= 0.3 is 0 Å². The monoisotopic (exact) mass is 237 g/mol. The molecule has 0 aliphatic heterocycles. The van der Waals surface area contributed by atoms with E-state index in [9.17, 15) is 0 Å². The molecule has 0 saturated carbocycles. The molecule has 0 aliphatic carbocycles. The van der Waals surface area contributed by atoms with E-state index in [-0.39, 0.29) is 0 Å². The molecular weight excluding hydrogens is 222 g/mol. The van der Waals surface area contributed by atoms with Gasteiger partial charge in [-0.1, -0.05) is 18.2 Å². The second kappa shape index (κ2) is 3.98. The molecule has 0 spiro atoms. The summed E-state index contributed by atoms with van der Waals surface area (Å²) in [5, 5.41) is 0. The van der Waals surface area contributed by atoms with Crippen LogP contribution < -0.4 is 0 Å². The van der Waals surface area contributed by atoms with E-state index in [1.165, 1.54) is 16.7 Å². The van der Waals surface area contributed by atoms with Gasteiger partial charge in [-0.05, 0) is 55.7 Å². The highest BCUT2D eigenvalue weighted by Crippen LogP contribution is 2.28. The highest BCUT2D eigenvalue weighted by molar-refractivity contribution is 5.78. The van der Waals surface area contributed by atoms with Crippen LogP contribution in [0.15, 0.2) is 40.8 Å². The number of aromatic nitrogens is 1. The second-order valence-electron chi connectivity index (χ2n) is 4.74. The molecule has 0 N–H and O–H groups in total. The lowest BCUT2D eigenvalue weighted by Gasteiger charge is -1.98. The van der Waals surface area contributed by atoms with Gasteiger partial charge in [-0.2, -0.15) is 0 Å². The van der Waals surface area contributed by atoms with Gasteiger partial charge in [-0.25, -0.2) is 4.98 Å². The van der Waals surface area contributed by atoms with Crippen LogP contribution in [0.25, 0.3) is 22.6 Å². The van der Waals surface area contributed by atoms with Crippen molar-refractivity contribution >= 4 is 11.1 Å². The Labute approximate surface area is 106 Å². The first-order valence-electron chi connectivity index (χ1n) is 6.09. The Morgan fingerprint density at radius 3 is 2.39 bits per heavy atom. The van der Waals surface area contributed by atoms with Crippen molar-refractivity contribution < 1.29 is 4.42 Å². The summed E-state index contributed by atoms with van der Waals surface area (Å²) < 4.78 is 5.86. The number of aryl methyl sites for hydroxylation is 3. The molecule has 1 heterocycles. The van der Waals surface area contributed by atoms with E-state index < -0.39 is 0 Å². The summed E-state index contributed by atoms with van der Waals surface area (Å²) >= 11 is 0. The summed E-state index contributed by atoms with van der Waals surface area (Å²) in [6, 6.07) is 12.3. The highest BCUT2D eigenvalue weighted by Gasteiger charge is 2.10. The number of nitrogens with zero attached hydrogens (tertiary/aromatic N) is 1. The number of rotatable bonds is 1. The van der Waals surface area contributed by atoms with Gasteiger partial charge in [0.25, 0.3) is 0 Å². The minimum absolute atomic E-state index is 0.702. The first-order chi connectivity index (χ1) is 8.65. The molecule has 0 aliphatic rings. The van der Waals surface area contributed by atoms with Gasteiger partial charge in [0.15, 0.2) is 5.58 Å². The molecule has 0 atom stereocenters. The van der Waals surface area contributed by atoms with E-state index in [4.69, 9.17) is 4.42 Å². The molecule has 1 aromatic heterocycles. The number of hydrogen-bond donors (Lipinski definition) is 0. The molecule has 2 nitrogen and oxygen atoms in total. The third kappa shape index (κ3) is 1.70. The number of fused-ring (bicyclic) bond motifs is 1. The van der Waals surface area contributed by atoms with Gasteiger partial charge in [-0.3, -0.25) is 0 Å². The van der Waals surface area contributed by atoms with Crippen molar-refractivity contribution in [2.75, 3.05) is 0 Å². The van der Waals surface area contributed by atoms with Gasteiger partial charge < -0.3 is 4.42 Å². The smallest absolute Gasteiger partial charge is 0.227 e. The zero-order valence-electron chi connectivity index (χ0n) is 10.8. The van der Waals surface area contributed by atoms with E-state index in [0.29, 0.717) is 5.89 Å². The molecule has 0 bridgehead atoms. The van der Waals surface area contributed by atoms with Crippen LogP contribution in [0.5, 0.6) is 0 Å². The van der Waals surface area contributed by atoms with Crippen molar-refractivity contribution in [2.24, 2.45) is 0 Å². The summed E-state index contributed by atoms with van der Waals surface area (Å²) in [5.74, 6) is 0.702. The Bertz CT molecular complexity index is 686. The number of hydrogen-bond acceptors (Lipinski definition) is 2. The summed E-state index contributed by atoms with van der Waals surface area (Å²) in [6.45, 7) is 6.25. The first kappa shape index (κ1) is 11.0. The zero-order valence-corrected chi connectivity index (χ0v) is 10.8. The molecule has 18 heavy (non-hydrogen) atoms. The lowest BCUT2D eigenvalue weighted by atomic mass is 10.1. The van der Waals surface area contributed by atoms with Crippen molar-refractivity contribution in [1.29, 1.82) is 0 Å². The zero-order chi connectivity index (χ0) is 12.7. The molecular formula is C16H15NO. The van der Waals surface area contributed by atoms with Crippen molar-refractivity contribution in [1.82, 2.24) is 4.98 Å². The minimum atomic E-state index is 0.702. The minimum Gasteiger partial charge on any atom is -0.436 e. The lowest BCUT2D eigenvalue weighted by molar-refractivity contribution is 0.619. The molecule has 0 unspecified atom stereocenters. The van der Waals surface area contributed by atoms with E-state index >= 15 is 0 Å². The quantitative estimate of drug-likeness (QED) is 0.626. The standard InChI is InChI=1S/C16H15NO/c1-10-6-4-5-7-13(10)16-17-14-8-11(2)12(3)9-15(14)18-16/h4-9H,1-3H3. The fourth-order valence-electron chi connectivity index (χ4n) is 2.11. The van der Waals surface area contributed by atoms with Gasteiger partial charge in [0, 0.05) is 5.56 Å². The van der Waals surface area contributed by atoms with Crippen molar-refractivity contribution in [3.63, 3.8) is 0 Å². The molecule has 0 amide bonds. The average Bonchev–Trinajstić information content (AvgIpc) is 2.73. The molecule has 3 aromatic rings. The molecule has 2 aromatic carbocycles. The van der Waals surface area contributed by atoms with E-state index in [2.05, 4.69) is 44.0 Å². The maximum absolute atomic E-state index is 5.86. The van der Waals surface area contributed by atoms with Gasteiger partial charge in [0.05, 0.1) is 0 Å². The number of benzene rings is 2. The third-order valence-corrected chi connectivity index (χ3v) is 3.38. The van der Waals surface area contributed by atoms with Crippen LogP contribution in [-0.4, -0.2) is 4.98 Å². The summed E-state index contributed by atoms with van der Waals surface area (Å²) in [5.41, 5.74) is 6.50. The second-order valence-corrected chi connectivity index (χ2v) is 4.74. The Morgan fingerprint density at radius 2 is 1.61 bits per heavy atom. The van der Waals surface area contributed by atoms with Crippen LogP contribution in [0.2, 0.25) is 0 Å². The molecule has 0 fully saturated rings. The maximum atomic E-state index is 5.86. The van der Waals surface area contributed by atoms with Crippen LogP contribution in [-0.2, 0) is 0 Å². The molecule has 2 heteroatoms. The summed E-state index contributed by atoms with van der Waals surface area (Å²) in [7, 11) is 0. The van der Waals surface area contributed by atoms with Crippen molar-refractivity contribution in [3.8, 4) is 11.5 Å². The predicted octanol–water partition coefficient (Wildman–Crippen LogP) is 4.42. The average molecular weight is 237 g/mol. The van der Waals surface area contributed by atoms with Crippen LogP contribution in [0.1, 0.15) is 16.7 Å². The molecule has 3 rings (SSSR count). The Balaban J connectivity index is 2.23. The van der Waals surface area contributed by atoms with Gasteiger partial charge in [0.1, 0.15) is 5.52 Å². The Hall–Kier alpha value is -2.09. The van der Waals surface area contributed by atoms with E-state index in [1.807, 2.05) is 18.2 Å². The highest BCUT2D eigenvalue weighted by atomic mass is 16.3. The molecule has 90 valence electrons. The third-order valence-electron chi connectivity index (χ3n) is 3.38.